The molecular formula is C11H10BrFO5S. The van der Waals surface area contributed by atoms with Crippen LogP contribution in [-0.4, -0.2) is 38.0 Å². The van der Waals surface area contributed by atoms with Crippen molar-refractivity contribution in [2.45, 2.75) is 16.6 Å². The number of carboxylic acid groups (broad SMARTS) is 1. The van der Waals surface area contributed by atoms with Gasteiger partial charge in [0.2, 0.25) is 0 Å². The summed E-state index contributed by atoms with van der Waals surface area (Å²) in [5, 5.41) is 8.03. The Balaban J connectivity index is 2.59. The van der Waals surface area contributed by atoms with Crippen LogP contribution in [0.3, 0.4) is 0 Å². The number of rotatable bonds is 3. The molecule has 2 rings (SSSR count). The fraction of sp³-hybridized carbons (Fsp3) is 0.364. The van der Waals surface area contributed by atoms with Crippen molar-refractivity contribution in [1.29, 1.82) is 0 Å². The van der Waals surface area contributed by atoms with Crippen LogP contribution in [0, 0.1) is 5.82 Å². The molecule has 104 valence electrons. The number of benzene rings is 1. The van der Waals surface area contributed by atoms with E-state index in [4.69, 9.17) is 9.84 Å². The summed E-state index contributed by atoms with van der Waals surface area (Å²) >= 11 is 2.99. The lowest BCUT2D eigenvalue weighted by Gasteiger charge is -2.12. The molecule has 0 saturated carbocycles. The maximum atomic E-state index is 14.0. The van der Waals surface area contributed by atoms with Crippen LogP contribution in [-0.2, 0) is 14.6 Å². The Morgan fingerprint density at radius 3 is 2.68 bits per heavy atom. The van der Waals surface area contributed by atoms with Crippen LogP contribution in [0.2, 0.25) is 0 Å². The molecular weight excluding hydrogens is 343 g/mol. The second-order valence-corrected chi connectivity index (χ2v) is 7.21. The molecule has 1 unspecified atom stereocenters. The molecule has 8 heteroatoms. The molecule has 1 saturated heterocycles. The Morgan fingerprint density at radius 2 is 2.16 bits per heavy atom. The van der Waals surface area contributed by atoms with Gasteiger partial charge in [-0.25, -0.2) is 17.6 Å². The molecule has 0 amide bonds. The van der Waals surface area contributed by atoms with Crippen LogP contribution in [0.25, 0.3) is 0 Å². The SMILES string of the molecule is O=C(O)c1cc(Br)cc(S(=O)(=O)C2CCOC2)c1F. The van der Waals surface area contributed by atoms with Gasteiger partial charge in [0.15, 0.2) is 15.7 Å². The van der Waals surface area contributed by atoms with Gasteiger partial charge in [-0.15, -0.1) is 0 Å². The van der Waals surface area contributed by atoms with E-state index in [0.29, 0.717) is 6.61 Å². The number of carbonyl (C=O) groups is 1. The molecule has 0 aliphatic carbocycles. The number of ether oxygens (including phenoxy) is 1. The normalized spacial score (nSPS) is 19.6. The van der Waals surface area contributed by atoms with Gasteiger partial charge in [0.25, 0.3) is 0 Å². The molecule has 0 spiro atoms. The van der Waals surface area contributed by atoms with E-state index in [1.54, 1.807) is 0 Å². The van der Waals surface area contributed by atoms with Crippen LogP contribution in [0.15, 0.2) is 21.5 Å². The minimum absolute atomic E-state index is 0.00328. The molecule has 1 N–H and O–H groups in total. The molecule has 1 heterocycles. The number of halogens is 2. The quantitative estimate of drug-likeness (QED) is 0.897. The Labute approximate surface area is 117 Å². The second-order valence-electron chi connectivity index (χ2n) is 4.10. The zero-order valence-corrected chi connectivity index (χ0v) is 12.0. The van der Waals surface area contributed by atoms with E-state index in [2.05, 4.69) is 15.9 Å². The van der Waals surface area contributed by atoms with Crippen molar-refractivity contribution >= 4 is 31.7 Å². The molecule has 1 aliphatic heterocycles. The first-order chi connectivity index (χ1) is 8.84. The van der Waals surface area contributed by atoms with E-state index in [-0.39, 0.29) is 17.5 Å². The van der Waals surface area contributed by atoms with Crippen molar-refractivity contribution in [2.75, 3.05) is 13.2 Å². The predicted molar refractivity (Wildman–Crippen MR) is 67.5 cm³/mol. The summed E-state index contributed by atoms with van der Waals surface area (Å²) in [7, 11) is -3.94. The smallest absolute Gasteiger partial charge is 0.338 e. The summed E-state index contributed by atoms with van der Waals surface area (Å²) < 4.78 is 43.7. The van der Waals surface area contributed by atoms with Crippen LogP contribution in [0.1, 0.15) is 16.8 Å². The zero-order valence-electron chi connectivity index (χ0n) is 9.60. The highest BCUT2D eigenvalue weighted by Gasteiger charge is 2.34. The third-order valence-corrected chi connectivity index (χ3v) is 5.49. The number of sulfone groups is 1. The van der Waals surface area contributed by atoms with Gasteiger partial charge in [-0.1, -0.05) is 15.9 Å². The topological polar surface area (TPSA) is 80.7 Å². The van der Waals surface area contributed by atoms with Gasteiger partial charge in [-0.2, -0.15) is 0 Å². The highest BCUT2D eigenvalue weighted by atomic mass is 79.9. The zero-order chi connectivity index (χ0) is 14.2. The molecule has 1 aromatic carbocycles. The predicted octanol–water partition coefficient (Wildman–Crippen LogP) is 1.85. The summed E-state index contributed by atoms with van der Waals surface area (Å²) in [4.78, 5) is 10.3. The fourth-order valence-electron chi connectivity index (χ4n) is 1.86. The van der Waals surface area contributed by atoms with Gasteiger partial charge >= 0.3 is 5.97 Å². The molecule has 5 nitrogen and oxygen atoms in total. The summed E-state index contributed by atoms with van der Waals surface area (Å²) in [5.41, 5.74) is -0.674. The third-order valence-electron chi connectivity index (χ3n) is 2.87. The van der Waals surface area contributed by atoms with Crippen LogP contribution in [0.5, 0.6) is 0 Å². The van der Waals surface area contributed by atoms with Crippen molar-refractivity contribution < 1.29 is 27.4 Å². The Bertz CT molecular complexity index is 622. The maximum Gasteiger partial charge on any atom is 0.338 e. The van der Waals surface area contributed by atoms with E-state index in [1.165, 1.54) is 0 Å². The lowest BCUT2D eigenvalue weighted by molar-refractivity contribution is 0.0691. The van der Waals surface area contributed by atoms with Crippen molar-refractivity contribution in [3.8, 4) is 0 Å². The molecule has 0 bridgehead atoms. The minimum atomic E-state index is -3.94. The Kier molecular flexibility index (Phi) is 3.93. The van der Waals surface area contributed by atoms with E-state index in [0.717, 1.165) is 12.1 Å². The van der Waals surface area contributed by atoms with E-state index in [1.807, 2.05) is 0 Å². The average Bonchev–Trinajstić information content (AvgIpc) is 2.85. The summed E-state index contributed by atoms with van der Waals surface area (Å²) in [5.74, 6) is -2.75. The number of carboxylic acids is 1. The van der Waals surface area contributed by atoms with Crippen molar-refractivity contribution in [2.24, 2.45) is 0 Å². The van der Waals surface area contributed by atoms with Crippen molar-refractivity contribution in [3.05, 3.63) is 28.0 Å². The van der Waals surface area contributed by atoms with Gasteiger partial charge < -0.3 is 9.84 Å². The van der Waals surface area contributed by atoms with Crippen molar-refractivity contribution in [3.63, 3.8) is 0 Å². The fourth-order valence-corrected chi connectivity index (χ4v) is 4.17. The summed E-state index contributed by atoms with van der Waals surface area (Å²) in [6.07, 6.45) is 0.274. The summed E-state index contributed by atoms with van der Waals surface area (Å²) in [6, 6.07) is 2.11. The minimum Gasteiger partial charge on any atom is -0.478 e. The largest absolute Gasteiger partial charge is 0.478 e. The average molecular weight is 353 g/mol. The first-order valence-corrected chi connectivity index (χ1v) is 7.72. The van der Waals surface area contributed by atoms with E-state index >= 15 is 0 Å². The monoisotopic (exact) mass is 352 g/mol. The van der Waals surface area contributed by atoms with Crippen molar-refractivity contribution in [1.82, 2.24) is 0 Å². The number of hydrogen-bond acceptors (Lipinski definition) is 4. The van der Waals surface area contributed by atoms with Gasteiger partial charge in [0, 0.05) is 11.1 Å². The summed E-state index contributed by atoms with van der Waals surface area (Å²) in [6.45, 7) is 0.294. The van der Waals surface area contributed by atoms with Gasteiger partial charge in [0.1, 0.15) is 4.90 Å². The standard InChI is InChI=1S/C11H10BrFO5S/c12-6-3-8(11(14)15)10(13)9(4-6)19(16,17)7-1-2-18-5-7/h3-4,7H,1-2,5H2,(H,14,15). The molecule has 1 atom stereocenters. The van der Waals surface area contributed by atoms with Crippen LogP contribution in [0.4, 0.5) is 4.39 Å². The Hall–Kier alpha value is -0.990. The molecule has 1 fully saturated rings. The van der Waals surface area contributed by atoms with Gasteiger partial charge in [-0.05, 0) is 18.6 Å². The highest BCUT2D eigenvalue weighted by Crippen LogP contribution is 2.29. The first kappa shape index (κ1) is 14.4. The number of hydrogen-bond donors (Lipinski definition) is 1. The molecule has 1 aliphatic rings. The first-order valence-electron chi connectivity index (χ1n) is 5.38. The molecule has 19 heavy (non-hydrogen) atoms. The highest BCUT2D eigenvalue weighted by molar-refractivity contribution is 9.10. The van der Waals surface area contributed by atoms with Gasteiger partial charge in [0.05, 0.1) is 17.4 Å². The molecule has 1 aromatic rings. The number of aromatic carboxylic acids is 1. The van der Waals surface area contributed by atoms with E-state index < -0.39 is 37.3 Å². The third kappa shape index (κ3) is 2.65. The second kappa shape index (κ2) is 5.18. The van der Waals surface area contributed by atoms with Gasteiger partial charge in [-0.3, -0.25) is 0 Å². The van der Waals surface area contributed by atoms with Crippen LogP contribution >= 0.6 is 15.9 Å². The maximum absolute atomic E-state index is 14.0. The van der Waals surface area contributed by atoms with E-state index in [9.17, 15) is 17.6 Å². The molecule has 0 radical (unpaired) electrons. The Morgan fingerprint density at radius 1 is 1.47 bits per heavy atom. The lowest BCUT2D eigenvalue weighted by atomic mass is 10.2. The van der Waals surface area contributed by atoms with Crippen LogP contribution < -0.4 is 0 Å². The lowest BCUT2D eigenvalue weighted by Crippen LogP contribution is -2.23. The molecule has 0 aromatic heterocycles.